The Morgan fingerprint density at radius 1 is 1.21 bits per heavy atom. The van der Waals surface area contributed by atoms with Gasteiger partial charge in [0, 0.05) is 25.1 Å². The SMILES string of the molecule is O=C(O)C1CC12CCN(C(=O)C1CC1c1ccc(F)cc1F)CC2. The lowest BCUT2D eigenvalue weighted by Gasteiger charge is -2.33. The van der Waals surface area contributed by atoms with Gasteiger partial charge in [-0.3, -0.25) is 9.59 Å². The van der Waals surface area contributed by atoms with Gasteiger partial charge in [-0.05, 0) is 48.6 Å². The number of likely N-dealkylation sites (tertiary alicyclic amines) is 1. The first-order valence-electron chi connectivity index (χ1n) is 8.38. The molecule has 2 saturated carbocycles. The highest BCUT2D eigenvalue weighted by molar-refractivity contribution is 5.83. The molecule has 1 heterocycles. The molecule has 1 N–H and O–H groups in total. The van der Waals surface area contributed by atoms with Crippen molar-refractivity contribution in [2.24, 2.45) is 17.3 Å². The monoisotopic (exact) mass is 335 g/mol. The van der Waals surface area contributed by atoms with Crippen molar-refractivity contribution in [3.8, 4) is 0 Å². The van der Waals surface area contributed by atoms with Crippen LogP contribution in [0.1, 0.15) is 37.2 Å². The zero-order valence-electron chi connectivity index (χ0n) is 13.2. The number of hydrogen-bond acceptors (Lipinski definition) is 2. The number of piperidine rings is 1. The molecule has 4 rings (SSSR count). The van der Waals surface area contributed by atoms with Gasteiger partial charge in [0.2, 0.25) is 5.91 Å². The van der Waals surface area contributed by atoms with Crippen molar-refractivity contribution in [3.63, 3.8) is 0 Å². The van der Waals surface area contributed by atoms with E-state index in [0.29, 0.717) is 25.1 Å². The van der Waals surface area contributed by atoms with E-state index < -0.39 is 17.6 Å². The zero-order chi connectivity index (χ0) is 17.1. The molecular weight excluding hydrogens is 316 g/mol. The van der Waals surface area contributed by atoms with Crippen LogP contribution in [-0.2, 0) is 9.59 Å². The van der Waals surface area contributed by atoms with Gasteiger partial charge in [-0.2, -0.15) is 0 Å². The molecule has 3 atom stereocenters. The first-order chi connectivity index (χ1) is 11.4. The lowest BCUT2D eigenvalue weighted by atomic mass is 9.90. The number of amides is 1. The highest BCUT2D eigenvalue weighted by Gasteiger charge is 2.59. The molecule has 6 heteroatoms. The number of carboxylic acid groups (broad SMARTS) is 1. The fourth-order valence-corrected chi connectivity index (χ4v) is 4.27. The third-order valence-electron chi connectivity index (χ3n) is 6.03. The molecule has 4 nitrogen and oxygen atoms in total. The summed E-state index contributed by atoms with van der Waals surface area (Å²) >= 11 is 0. The molecule has 2 aliphatic carbocycles. The van der Waals surface area contributed by atoms with Crippen molar-refractivity contribution in [1.29, 1.82) is 0 Å². The summed E-state index contributed by atoms with van der Waals surface area (Å²) in [5.74, 6) is -2.56. The second kappa shape index (κ2) is 5.26. The maximum atomic E-state index is 13.8. The van der Waals surface area contributed by atoms with Gasteiger partial charge >= 0.3 is 5.97 Å². The molecule has 1 aromatic carbocycles. The second-order valence-corrected chi connectivity index (χ2v) is 7.40. The van der Waals surface area contributed by atoms with E-state index in [9.17, 15) is 18.4 Å². The summed E-state index contributed by atoms with van der Waals surface area (Å²) in [5, 5.41) is 9.11. The number of carbonyl (C=O) groups excluding carboxylic acids is 1. The minimum atomic E-state index is -0.733. The van der Waals surface area contributed by atoms with Crippen LogP contribution in [0.3, 0.4) is 0 Å². The lowest BCUT2D eigenvalue weighted by molar-refractivity contribution is -0.140. The van der Waals surface area contributed by atoms with Crippen LogP contribution in [0.25, 0.3) is 0 Å². The average Bonchev–Trinajstić information content (AvgIpc) is 3.43. The van der Waals surface area contributed by atoms with Gasteiger partial charge in [-0.25, -0.2) is 8.78 Å². The van der Waals surface area contributed by atoms with Crippen LogP contribution in [0.15, 0.2) is 18.2 Å². The molecule has 1 saturated heterocycles. The van der Waals surface area contributed by atoms with Crippen molar-refractivity contribution in [1.82, 2.24) is 4.90 Å². The molecule has 24 heavy (non-hydrogen) atoms. The Labute approximate surface area is 138 Å². The largest absolute Gasteiger partial charge is 0.481 e. The molecular formula is C18H19F2NO3. The third-order valence-corrected chi connectivity index (χ3v) is 6.03. The van der Waals surface area contributed by atoms with E-state index in [1.54, 1.807) is 4.90 Å². The molecule has 1 amide bonds. The summed E-state index contributed by atoms with van der Waals surface area (Å²) in [5.41, 5.74) is 0.311. The predicted octanol–water partition coefficient (Wildman–Crippen LogP) is 2.78. The van der Waals surface area contributed by atoms with Crippen LogP contribution in [0, 0.1) is 28.9 Å². The van der Waals surface area contributed by atoms with Crippen LogP contribution in [0.2, 0.25) is 0 Å². The first kappa shape index (κ1) is 15.5. The summed E-state index contributed by atoms with van der Waals surface area (Å²) in [6.45, 7) is 1.16. The number of hydrogen-bond donors (Lipinski definition) is 1. The van der Waals surface area contributed by atoms with Gasteiger partial charge in [0.05, 0.1) is 5.92 Å². The van der Waals surface area contributed by atoms with E-state index >= 15 is 0 Å². The normalized spacial score (nSPS) is 30.2. The Balaban J connectivity index is 1.36. The van der Waals surface area contributed by atoms with E-state index in [2.05, 4.69) is 0 Å². The number of carbonyl (C=O) groups is 2. The van der Waals surface area contributed by atoms with Gasteiger partial charge in [-0.15, -0.1) is 0 Å². The number of benzene rings is 1. The molecule has 0 radical (unpaired) electrons. The molecule has 3 unspecified atom stereocenters. The smallest absolute Gasteiger partial charge is 0.307 e. The van der Waals surface area contributed by atoms with E-state index in [4.69, 9.17) is 5.11 Å². The molecule has 3 aliphatic rings. The first-order valence-corrected chi connectivity index (χ1v) is 8.38. The van der Waals surface area contributed by atoms with Crippen molar-refractivity contribution in [3.05, 3.63) is 35.4 Å². The Morgan fingerprint density at radius 2 is 1.92 bits per heavy atom. The van der Waals surface area contributed by atoms with Crippen molar-refractivity contribution in [2.45, 2.75) is 31.6 Å². The molecule has 128 valence electrons. The third kappa shape index (κ3) is 2.48. The van der Waals surface area contributed by atoms with Gasteiger partial charge in [0.1, 0.15) is 11.6 Å². The molecule has 1 aromatic rings. The summed E-state index contributed by atoms with van der Waals surface area (Å²) in [7, 11) is 0. The van der Waals surface area contributed by atoms with Crippen molar-refractivity contribution >= 4 is 11.9 Å². The number of aliphatic carboxylic acids is 1. The number of nitrogens with zero attached hydrogens (tertiary/aromatic N) is 1. The van der Waals surface area contributed by atoms with Crippen LogP contribution in [0.4, 0.5) is 8.78 Å². The molecule has 3 fully saturated rings. The van der Waals surface area contributed by atoms with Crippen LogP contribution in [-0.4, -0.2) is 35.0 Å². The van der Waals surface area contributed by atoms with E-state index in [1.807, 2.05) is 0 Å². The van der Waals surface area contributed by atoms with Crippen LogP contribution < -0.4 is 0 Å². The highest BCUT2D eigenvalue weighted by atomic mass is 19.1. The lowest BCUT2D eigenvalue weighted by Crippen LogP contribution is -2.41. The topological polar surface area (TPSA) is 57.6 Å². The van der Waals surface area contributed by atoms with Crippen molar-refractivity contribution in [2.75, 3.05) is 13.1 Å². The highest BCUT2D eigenvalue weighted by Crippen LogP contribution is 2.60. The van der Waals surface area contributed by atoms with Gasteiger partial charge in [0.25, 0.3) is 0 Å². The van der Waals surface area contributed by atoms with Crippen LogP contribution >= 0.6 is 0 Å². The second-order valence-electron chi connectivity index (χ2n) is 7.40. The molecule has 0 bridgehead atoms. The standard InChI is InChI=1S/C18H19F2NO3/c19-10-1-2-11(15(20)7-10)12-8-13(12)16(22)21-5-3-18(4-6-21)9-14(18)17(23)24/h1-2,7,12-14H,3-6,8-9H2,(H,23,24). The minimum Gasteiger partial charge on any atom is -0.481 e. The fourth-order valence-electron chi connectivity index (χ4n) is 4.27. The van der Waals surface area contributed by atoms with E-state index in [0.717, 1.165) is 25.3 Å². The predicted molar refractivity (Wildman–Crippen MR) is 81.2 cm³/mol. The van der Waals surface area contributed by atoms with E-state index in [-0.39, 0.29) is 29.1 Å². The number of carboxylic acids is 1. The average molecular weight is 335 g/mol. The van der Waals surface area contributed by atoms with Gasteiger partial charge in [0.15, 0.2) is 0 Å². The van der Waals surface area contributed by atoms with Crippen molar-refractivity contribution < 1.29 is 23.5 Å². The number of rotatable bonds is 3. The zero-order valence-corrected chi connectivity index (χ0v) is 13.2. The molecule has 1 spiro atoms. The summed E-state index contributed by atoms with van der Waals surface area (Å²) in [4.78, 5) is 25.5. The maximum absolute atomic E-state index is 13.8. The quantitative estimate of drug-likeness (QED) is 0.924. The Kier molecular flexibility index (Phi) is 3.41. The Bertz CT molecular complexity index is 712. The summed E-state index contributed by atoms with van der Waals surface area (Å²) < 4.78 is 26.8. The molecule has 0 aromatic heterocycles. The van der Waals surface area contributed by atoms with Gasteiger partial charge in [-0.1, -0.05) is 6.07 Å². The number of halogens is 2. The summed E-state index contributed by atoms with van der Waals surface area (Å²) in [6, 6.07) is 3.51. The Hall–Kier alpha value is -1.98. The Morgan fingerprint density at radius 3 is 2.50 bits per heavy atom. The van der Waals surface area contributed by atoms with E-state index in [1.165, 1.54) is 12.1 Å². The summed E-state index contributed by atoms with van der Waals surface area (Å²) in [6.07, 6.45) is 2.79. The maximum Gasteiger partial charge on any atom is 0.307 e. The van der Waals surface area contributed by atoms with Crippen LogP contribution in [0.5, 0.6) is 0 Å². The fraction of sp³-hybridized carbons (Fsp3) is 0.556. The van der Waals surface area contributed by atoms with Gasteiger partial charge < -0.3 is 10.0 Å². The molecule has 1 aliphatic heterocycles. The minimum absolute atomic E-state index is 0.0195.